The van der Waals surface area contributed by atoms with Gasteiger partial charge < -0.3 is 5.11 Å². The van der Waals surface area contributed by atoms with E-state index >= 15 is 0 Å². The number of rotatable bonds is 2. The summed E-state index contributed by atoms with van der Waals surface area (Å²) in [5, 5.41) is 9.98. The van der Waals surface area contributed by atoms with Crippen molar-refractivity contribution < 1.29 is 13.9 Å². The van der Waals surface area contributed by atoms with Gasteiger partial charge in [-0.05, 0) is 56.1 Å². The molecule has 1 aromatic heterocycles. The lowest BCUT2D eigenvalue weighted by molar-refractivity contribution is 0.212. The van der Waals surface area contributed by atoms with Gasteiger partial charge in [0.2, 0.25) is 0 Å². The highest BCUT2D eigenvalue weighted by molar-refractivity contribution is 9.11. The van der Waals surface area contributed by atoms with Crippen LogP contribution in [0.5, 0.6) is 0 Å². The van der Waals surface area contributed by atoms with Gasteiger partial charge in [-0.25, -0.2) is 8.78 Å². The maximum absolute atomic E-state index is 13.8. The molecule has 1 atom stereocenters. The van der Waals surface area contributed by atoms with Crippen molar-refractivity contribution in [2.75, 3.05) is 0 Å². The van der Waals surface area contributed by atoms with Gasteiger partial charge >= 0.3 is 0 Å². The number of hydrogen-bond donors (Lipinski definition) is 1. The molecule has 6 heteroatoms. The van der Waals surface area contributed by atoms with Crippen LogP contribution in [0.2, 0.25) is 0 Å². The second-order valence-corrected chi connectivity index (χ2v) is 6.65. The fourth-order valence-corrected chi connectivity index (χ4v) is 3.18. The summed E-state index contributed by atoms with van der Waals surface area (Å²) < 4.78 is 28.2. The van der Waals surface area contributed by atoms with E-state index in [9.17, 15) is 13.9 Å². The largest absolute Gasteiger partial charge is 0.383 e. The number of thiophene rings is 1. The van der Waals surface area contributed by atoms with E-state index in [0.29, 0.717) is 4.88 Å². The maximum atomic E-state index is 13.8. The molecule has 17 heavy (non-hydrogen) atoms. The van der Waals surface area contributed by atoms with Crippen molar-refractivity contribution in [2.24, 2.45) is 0 Å². The van der Waals surface area contributed by atoms with Crippen LogP contribution in [0.25, 0.3) is 0 Å². The van der Waals surface area contributed by atoms with E-state index in [-0.39, 0.29) is 10.0 Å². The summed E-state index contributed by atoms with van der Waals surface area (Å²) >= 11 is 7.43. The van der Waals surface area contributed by atoms with Crippen LogP contribution in [0.15, 0.2) is 32.5 Å². The number of benzene rings is 1. The van der Waals surface area contributed by atoms with Crippen LogP contribution < -0.4 is 0 Å². The molecule has 0 aliphatic carbocycles. The predicted molar refractivity (Wildman–Crippen MR) is 70.1 cm³/mol. The molecule has 0 saturated carbocycles. The number of aliphatic hydroxyl groups excluding tert-OH is 1. The first-order valence-electron chi connectivity index (χ1n) is 4.57. The first-order valence-corrected chi connectivity index (χ1v) is 6.97. The Morgan fingerprint density at radius 1 is 1.12 bits per heavy atom. The molecule has 0 radical (unpaired) electrons. The van der Waals surface area contributed by atoms with E-state index in [1.165, 1.54) is 17.4 Å². The molecular formula is C11H6Br2F2OS. The summed E-state index contributed by atoms with van der Waals surface area (Å²) in [6.45, 7) is 0. The second kappa shape index (κ2) is 5.14. The van der Waals surface area contributed by atoms with Crippen molar-refractivity contribution in [1.82, 2.24) is 0 Å². The van der Waals surface area contributed by atoms with Gasteiger partial charge in [0.15, 0.2) is 0 Å². The predicted octanol–water partition coefficient (Wildman–Crippen LogP) is 4.63. The Bertz CT molecular complexity index is 556. The Labute approximate surface area is 117 Å². The van der Waals surface area contributed by atoms with Crippen molar-refractivity contribution in [1.29, 1.82) is 0 Å². The third-order valence-electron chi connectivity index (χ3n) is 2.22. The lowest BCUT2D eigenvalue weighted by Gasteiger charge is -2.12. The van der Waals surface area contributed by atoms with Crippen molar-refractivity contribution in [2.45, 2.75) is 6.10 Å². The fraction of sp³-hybridized carbons (Fsp3) is 0.0909. The zero-order valence-electron chi connectivity index (χ0n) is 8.25. The van der Waals surface area contributed by atoms with E-state index in [0.717, 1.165) is 9.85 Å². The van der Waals surface area contributed by atoms with Gasteiger partial charge in [-0.15, -0.1) is 11.3 Å². The summed E-state index contributed by atoms with van der Waals surface area (Å²) in [4.78, 5) is 0.479. The first-order chi connectivity index (χ1) is 8.00. The molecule has 0 saturated heterocycles. The molecule has 1 N–H and O–H groups in total. The lowest BCUT2D eigenvalue weighted by atomic mass is 10.1. The second-order valence-electron chi connectivity index (χ2n) is 3.30. The van der Waals surface area contributed by atoms with E-state index in [1.807, 2.05) is 0 Å². The number of halogens is 4. The standard InChI is InChI=1S/C11H6Br2F2OS/c12-5-1-2-6(14)9(10(5)15)11(16)7-3-4-8(13)17-7/h1-4,11,16H. The van der Waals surface area contributed by atoms with Crippen molar-refractivity contribution in [3.63, 3.8) is 0 Å². The third kappa shape index (κ3) is 2.59. The Balaban J connectivity index is 2.50. The smallest absolute Gasteiger partial charge is 0.146 e. The molecule has 0 spiro atoms. The van der Waals surface area contributed by atoms with Gasteiger partial charge in [0, 0.05) is 4.88 Å². The average Bonchev–Trinajstić information content (AvgIpc) is 2.71. The minimum atomic E-state index is -1.30. The normalized spacial score (nSPS) is 12.8. The summed E-state index contributed by atoms with van der Waals surface area (Å²) in [7, 11) is 0. The highest BCUT2D eigenvalue weighted by atomic mass is 79.9. The van der Waals surface area contributed by atoms with Crippen molar-refractivity contribution in [3.8, 4) is 0 Å². The number of aliphatic hydroxyl groups is 1. The van der Waals surface area contributed by atoms with Gasteiger partial charge in [-0.1, -0.05) is 0 Å². The van der Waals surface area contributed by atoms with E-state index in [2.05, 4.69) is 31.9 Å². The number of hydrogen-bond acceptors (Lipinski definition) is 2. The van der Waals surface area contributed by atoms with Gasteiger partial charge in [-0.3, -0.25) is 0 Å². The summed E-state index contributed by atoms with van der Waals surface area (Å²) in [6, 6.07) is 5.73. The molecule has 2 aromatic rings. The zero-order valence-corrected chi connectivity index (χ0v) is 12.2. The lowest BCUT2D eigenvalue weighted by Crippen LogP contribution is -2.04. The maximum Gasteiger partial charge on any atom is 0.146 e. The van der Waals surface area contributed by atoms with Crippen molar-refractivity contribution >= 4 is 43.2 Å². The van der Waals surface area contributed by atoms with Crippen LogP contribution in [0.3, 0.4) is 0 Å². The Kier molecular flexibility index (Phi) is 3.97. The molecule has 1 heterocycles. The Morgan fingerprint density at radius 2 is 1.82 bits per heavy atom. The van der Waals surface area contributed by atoms with Crippen molar-refractivity contribution in [3.05, 3.63) is 54.6 Å². The van der Waals surface area contributed by atoms with Crippen LogP contribution in [-0.2, 0) is 0 Å². The molecule has 1 unspecified atom stereocenters. The molecule has 1 aromatic carbocycles. The molecule has 0 bridgehead atoms. The van der Waals surface area contributed by atoms with Crippen LogP contribution in [0, 0.1) is 11.6 Å². The first kappa shape index (κ1) is 13.1. The van der Waals surface area contributed by atoms with Crippen LogP contribution in [0.1, 0.15) is 16.5 Å². The minimum Gasteiger partial charge on any atom is -0.383 e. The van der Waals surface area contributed by atoms with Crippen LogP contribution >= 0.6 is 43.2 Å². The van der Waals surface area contributed by atoms with E-state index in [1.54, 1.807) is 12.1 Å². The summed E-state index contributed by atoms with van der Waals surface area (Å²) in [5.41, 5.74) is -0.339. The molecule has 0 fully saturated rings. The van der Waals surface area contributed by atoms with E-state index < -0.39 is 17.7 Å². The average molecular weight is 384 g/mol. The van der Waals surface area contributed by atoms with Gasteiger partial charge in [-0.2, -0.15) is 0 Å². The topological polar surface area (TPSA) is 20.2 Å². The van der Waals surface area contributed by atoms with Crippen LogP contribution in [0.4, 0.5) is 8.78 Å². The van der Waals surface area contributed by atoms with Gasteiger partial charge in [0.05, 0.1) is 13.8 Å². The molecule has 90 valence electrons. The van der Waals surface area contributed by atoms with Gasteiger partial charge in [0.1, 0.15) is 17.7 Å². The molecular weight excluding hydrogens is 378 g/mol. The molecule has 0 aliphatic rings. The third-order valence-corrected chi connectivity index (χ3v) is 4.50. The molecule has 1 nitrogen and oxygen atoms in total. The summed E-state index contributed by atoms with van der Waals surface area (Å²) in [5.74, 6) is -1.54. The highest BCUT2D eigenvalue weighted by Crippen LogP contribution is 2.35. The molecule has 2 rings (SSSR count). The van der Waals surface area contributed by atoms with E-state index in [4.69, 9.17) is 0 Å². The molecule has 0 amide bonds. The molecule has 0 aliphatic heterocycles. The quantitative estimate of drug-likeness (QED) is 0.749. The SMILES string of the molecule is OC(c1ccc(Br)s1)c1c(F)ccc(Br)c1F. The monoisotopic (exact) mass is 382 g/mol. The van der Waals surface area contributed by atoms with Crippen LogP contribution in [-0.4, -0.2) is 5.11 Å². The highest BCUT2D eigenvalue weighted by Gasteiger charge is 2.22. The fourth-order valence-electron chi connectivity index (χ4n) is 1.41. The Morgan fingerprint density at radius 3 is 2.41 bits per heavy atom. The van der Waals surface area contributed by atoms with Gasteiger partial charge in [0.25, 0.3) is 0 Å². The zero-order chi connectivity index (χ0) is 12.6. The minimum absolute atomic E-state index is 0.128. The Hall–Kier alpha value is -0.300. The summed E-state index contributed by atoms with van der Waals surface area (Å²) in [6.07, 6.45) is -1.30.